The molecule has 5 rings (SSSR count). The number of nitrogens with zero attached hydrogens (tertiary/aromatic N) is 5. The van der Waals surface area contributed by atoms with Crippen molar-refractivity contribution in [1.29, 1.82) is 0 Å². The largest absolute Gasteiger partial charge is 0.296 e. The van der Waals surface area contributed by atoms with Crippen molar-refractivity contribution in [3.05, 3.63) is 70.5 Å². The Labute approximate surface area is 197 Å². The molecule has 2 aromatic carbocycles. The van der Waals surface area contributed by atoms with Gasteiger partial charge in [0.2, 0.25) is 10.0 Å². The van der Waals surface area contributed by atoms with Gasteiger partial charge in [-0.2, -0.15) is 9.40 Å². The van der Waals surface area contributed by atoms with Crippen molar-refractivity contribution in [3.63, 3.8) is 0 Å². The molecular weight excluding hydrogens is 480 g/mol. The number of nitro benzene ring substituents is 1. The SMILES string of the molecule is O=C(Nc1nc2ccc(S(=O)(=O)N3CCCC3)cc2s1)c1ccn(-c2cccc([N+](=O)[O-])c2)n1. The highest BCUT2D eigenvalue weighted by atomic mass is 32.2. The van der Waals surface area contributed by atoms with Crippen LogP contribution in [-0.2, 0) is 10.0 Å². The number of hydrogen-bond donors (Lipinski definition) is 1. The summed E-state index contributed by atoms with van der Waals surface area (Å²) in [6.45, 7) is 1.04. The molecule has 4 aromatic rings. The quantitative estimate of drug-likeness (QED) is 0.317. The molecule has 11 nitrogen and oxygen atoms in total. The minimum absolute atomic E-state index is 0.0837. The third-order valence-electron chi connectivity index (χ3n) is 5.41. The number of nitro groups is 1. The van der Waals surface area contributed by atoms with Gasteiger partial charge in [-0.25, -0.2) is 18.1 Å². The highest BCUT2D eigenvalue weighted by molar-refractivity contribution is 7.89. The molecule has 1 saturated heterocycles. The number of rotatable bonds is 6. The Morgan fingerprint density at radius 2 is 1.91 bits per heavy atom. The number of fused-ring (bicyclic) bond motifs is 1. The van der Waals surface area contributed by atoms with E-state index in [1.807, 2.05) is 0 Å². The van der Waals surface area contributed by atoms with Crippen molar-refractivity contribution in [3.8, 4) is 5.69 Å². The summed E-state index contributed by atoms with van der Waals surface area (Å²) in [6.07, 6.45) is 3.24. The molecule has 1 amide bonds. The van der Waals surface area contributed by atoms with Crippen molar-refractivity contribution in [2.24, 2.45) is 0 Å². The Balaban J connectivity index is 1.35. The van der Waals surface area contributed by atoms with Crippen LogP contribution in [0.3, 0.4) is 0 Å². The number of anilines is 1. The van der Waals surface area contributed by atoms with Gasteiger partial charge in [-0.3, -0.25) is 20.2 Å². The maximum Gasteiger partial charge on any atom is 0.277 e. The number of carbonyl (C=O) groups is 1. The van der Waals surface area contributed by atoms with Gasteiger partial charge in [-0.05, 0) is 43.2 Å². The lowest BCUT2D eigenvalue weighted by Gasteiger charge is -2.15. The maximum absolute atomic E-state index is 12.8. The first-order chi connectivity index (χ1) is 16.3. The lowest BCUT2D eigenvalue weighted by molar-refractivity contribution is -0.384. The number of sulfonamides is 1. The Morgan fingerprint density at radius 3 is 2.68 bits per heavy atom. The molecule has 1 aliphatic rings. The van der Waals surface area contributed by atoms with Crippen LogP contribution in [0.4, 0.5) is 10.8 Å². The fraction of sp³-hybridized carbons (Fsp3) is 0.190. The van der Waals surface area contributed by atoms with Gasteiger partial charge < -0.3 is 0 Å². The molecule has 13 heteroatoms. The monoisotopic (exact) mass is 498 g/mol. The molecule has 3 heterocycles. The molecule has 2 aromatic heterocycles. The van der Waals surface area contributed by atoms with Gasteiger partial charge in [0.25, 0.3) is 11.6 Å². The van der Waals surface area contributed by atoms with Gasteiger partial charge in [0.05, 0.1) is 25.7 Å². The first-order valence-corrected chi connectivity index (χ1v) is 12.6. The van der Waals surface area contributed by atoms with Crippen LogP contribution in [-0.4, -0.2) is 51.4 Å². The molecule has 0 unspecified atom stereocenters. The summed E-state index contributed by atoms with van der Waals surface area (Å²) in [7, 11) is -3.55. The minimum atomic E-state index is -3.55. The molecule has 0 aliphatic carbocycles. The van der Waals surface area contributed by atoms with Gasteiger partial charge in [-0.15, -0.1) is 0 Å². The zero-order valence-corrected chi connectivity index (χ0v) is 19.3. The molecule has 1 fully saturated rings. The molecule has 34 heavy (non-hydrogen) atoms. The van der Waals surface area contributed by atoms with Crippen molar-refractivity contribution < 1.29 is 18.1 Å². The van der Waals surface area contributed by atoms with Crippen LogP contribution in [0.25, 0.3) is 15.9 Å². The molecule has 1 N–H and O–H groups in total. The van der Waals surface area contributed by atoms with Gasteiger partial charge in [0.1, 0.15) is 0 Å². The number of benzene rings is 2. The summed E-state index contributed by atoms with van der Waals surface area (Å²) in [5, 5.41) is 18.2. The lowest BCUT2D eigenvalue weighted by atomic mass is 10.3. The zero-order chi connectivity index (χ0) is 23.9. The molecule has 0 radical (unpaired) electrons. The standard InChI is InChI=1S/C21H18N6O5S2/c28-20(18-8-11-26(24-18)14-4-3-5-15(12-14)27(29)30)23-21-22-17-7-6-16(13-19(17)33-21)34(31,32)25-9-1-2-10-25/h3-8,11-13H,1-2,9-10H2,(H,22,23,28). The Morgan fingerprint density at radius 1 is 1.12 bits per heavy atom. The molecule has 174 valence electrons. The van der Waals surface area contributed by atoms with Crippen LogP contribution in [0, 0.1) is 10.1 Å². The van der Waals surface area contributed by atoms with Gasteiger partial charge >= 0.3 is 0 Å². The molecule has 0 saturated carbocycles. The van der Waals surface area contributed by atoms with E-state index in [1.165, 1.54) is 56.9 Å². The lowest BCUT2D eigenvalue weighted by Crippen LogP contribution is -2.27. The molecule has 0 spiro atoms. The number of amides is 1. The predicted molar refractivity (Wildman–Crippen MR) is 126 cm³/mol. The third-order valence-corrected chi connectivity index (χ3v) is 8.24. The van der Waals surface area contributed by atoms with E-state index in [2.05, 4.69) is 15.4 Å². The second-order valence-corrected chi connectivity index (χ2v) is 10.6. The average molecular weight is 499 g/mol. The number of nitrogens with one attached hydrogen (secondary N) is 1. The Hall–Kier alpha value is -3.68. The number of hydrogen-bond acceptors (Lipinski definition) is 8. The molecule has 1 aliphatic heterocycles. The van der Waals surface area contributed by atoms with E-state index < -0.39 is 20.9 Å². The van der Waals surface area contributed by atoms with Crippen LogP contribution in [0.5, 0.6) is 0 Å². The van der Waals surface area contributed by atoms with Crippen LogP contribution < -0.4 is 5.32 Å². The van der Waals surface area contributed by atoms with Gasteiger partial charge in [-0.1, -0.05) is 17.4 Å². The van der Waals surface area contributed by atoms with Crippen molar-refractivity contribution in [2.45, 2.75) is 17.7 Å². The Bertz CT molecular complexity index is 1520. The Kier molecular flexibility index (Phi) is 5.59. The first kappa shape index (κ1) is 22.1. The average Bonchev–Trinajstić information content (AvgIpc) is 3.59. The van der Waals surface area contributed by atoms with E-state index in [1.54, 1.807) is 18.2 Å². The summed E-state index contributed by atoms with van der Waals surface area (Å²) in [5.41, 5.74) is 1.03. The van der Waals surface area contributed by atoms with Crippen LogP contribution >= 0.6 is 11.3 Å². The van der Waals surface area contributed by atoms with Gasteiger partial charge in [0, 0.05) is 31.4 Å². The molecule has 0 atom stereocenters. The normalized spacial score (nSPS) is 14.5. The second-order valence-electron chi connectivity index (χ2n) is 7.64. The highest BCUT2D eigenvalue weighted by Crippen LogP contribution is 2.30. The highest BCUT2D eigenvalue weighted by Gasteiger charge is 2.27. The van der Waals surface area contributed by atoms with Crippen molar-refractivity contribution in [2.75, 3.05) is 18.4 Å². The predicted octanol–water partition coefficient (Wildman–Crippen LogP) is 3.43. The summed E-state index contributed by atoms with van der Waals surface area (Å²) in [6, 6.07) is 12.1. The molecular formula is C21H18N6O5S2. The van der Waals surface area contributed by atoms with Crippen LogP contribution in [0.2, 0.25) is 0 Å². The first-order valence-electron chi connectivity index (χ1n) is 10.3. The van der Waals surface area contributed by atoms with Crippen molar-refractivity contribution in [1.82, 2.24) is 19.1 Å². The van der Waals surface area contributed by atoms with E-state index in [9.17, 15) is 23.3 Å². The zero-order valence-electron chi connectivity index (χ0n) is 17.6. The summed E-state index contributed by atoms with van der Waals surface area (Å²) >= 11 is 1.17. The third kappa shape index (κ3) is 4.16. The smallest absolute Gasteiger partial charge is 0.277 e. The van der Waals surface area contributed by atoms with Gasteiger partial charge in [0.15, 0.2) is 10.8 Å². The van der Waals surface area contributed by atoms with E-state index >= 15 is 0 Å². The maximum atomic E-state index is 12.8. The van der Waals surface area contributed by atoms with E-state index in [0.717, 1.165) is 12.8 Å². The summed E-state index contributed by atoms with van der Waals surface area (Å²) in [5.74, 6) is -0.506. The van der Waals surface area contributed by atoms with Crippen molar-refractivity contribution >= 4 is 48.3 Å². The van der Waals surface area contributed by atoms with E-state index in [4.69, 9.17) is 0 Å². The van der Waals surface area contributed by atoms with Crippen LogP contribution in [0.15, 0.2) is 59.6 Å². The number of non-ortho nitro benzene ring substituents is 1. The van der Waals surface area contributed by atoms with Crippen LogP contribution in [0.1, 0.15) is 23.3 Å². The number of aromatic nitrogens is 3. The molecule has 0 bridgehead atoms. The fourth-order valence-electron chi connectivity index (χ4n) is 3.70. The summed E-state index contributed by atoms with van der Waals surface area (Å²) < 4.78 is 29.1. The fourth-order valence-corrected chi connectivity index (χ4v) is 6.21. The minimum Gasteiger partial charge on any atom is -0.296 e. The topological polar surface area (TPSA) is 140 Å². The number of thiazole rings is 1. The number of carbonyl (C=O) groups excluding carboxylic acids is 1. The summed E-state index contributed by atoms with van der Waals surface area (Å²) in [4.78, 5) is 27.7. The second kappa shape index (κ2) is 8.59. The van der Waals surface area contributed by atoms with E-state index in [-0.39, 0.29) is 16.3 Å². The van der Waals surface area contributed by atoms with E-state index in [0.29, 0.717) is 34.1 Å².